The van der Waals surface area contributed by atoms with Crippen molar-refractivity contribution in [3.8, 4) is 5.75 Å². The molecule has 0 spiro atoms. The fourth-order valence-corrected chi connectivity index (χ4v) is 4.28. The first kappa shape index (κ1) is 13.9. The van der Waals surface area contributed by atoms with E-state index in [9.17, 15) is 0 Å². The molecule has 2 aliphatic rings. The molecule has 1 saturated heterocycles. The van der Waals surface area contributed by atoms with E-state index in [0.29, 0.717) is 5.92 Å². The number of nitrogens with zero attached hydrogens (tertiary/aromatic N) is 1. The molecule has 0 aromatic heterocycles. The van der Waals surface area contributed by atoms with Crippen molar-refractivity contribution in [3.05, 3.63) is 29.8 Å². The molecule has 0 radical (unpaired) electrons. The Bertz CT molecular complexity index is 445. The fraction of sp³-hybridized carbons (Fsp3) is 0.667. The number of fused-ring (bicyclic) bond motifs is 1. The van der Waals surface area contributed by atoms with Gasteiger partial charge in [-0.3, -0.25) is 0 Å². The lowest BCUT2D eigenvalue weighted by atomic mass is 9.78. The van der Waals surface area contributed by atoms with Crippen LogP contribution in [-0.2, 0) is 0 Å². The monoisotopic (exact) mass is 273 g/mol. The highest BCUT2D eigenvalue weighted by atomic mass is 16.5. The maximum atomic E-state index is 5.39. The van der Waals surface area contributed by atoms with Gasteiger partial charge in [0.25, 0.3) is 0 Å². The highest BCUT2D eigenvalue weighted by molar-refractivity contribution is 5.31. The quantitative estimate of drug-likeness (QED) is 0.805. The Hall–Kier alpha value is -1.02. The van der Waals surface area contributed by atoms with Crippen LogP contribution in [0.1, 0.15) is 50.0 Å². The SMILES string of the molecule is COc1cccc(C2C[C@H]3CCCCC[C@H]3N(C)C2)c1. The summed E-state index contributed by atoms with van der Waals surface area (Å²) in [6.07, 6.45) is 8.49. The van der Waals surface area contributed by atoms with Crippen LogP contribution in [0.15, 0.2) is 24.3 Å². The zero-order valence-corrected chi connectivity index (χ0v) is 12.8. The summed E-state index contributed by atoms with van der Waals surface area (Å²) < 4.78 is 5.39. The second-order valence-electron chi connectivity index (χ2n) is 6.61. The summed E-state index contributed by atoms with van der Waals surface area (Å²) in [6.45, 7) is 1.20. The Labute approximate surface area is 123 Å². The minimum absolute atomic E-state index is 0.675. The average molecular weight is 273 g/mol. The zero-order valence-electron chi connectivity index (χ0n) is 12.8. The molecule has 20 heavy (non-hydrogen) atoms. The normalized spacial score (nSPS) is 31.4. The van der Waals surface area contributed by atoms with Crippen molar-refractivity contribution in [2.45, 2.75) is 50.5 Å². The first-order chi connectivity index (χ1) is 9.78. The van der Waals surface area contributed by atoms with E-state index in [4.69, 9.17) is 4.74 Å². The Balaban J connectivity index is 1.78. The number of methoxy groups -OCH3 is 1. The highest BCUT2D eigenvalue weighted by Gasteiger charge is 2.35. The maximum Gasteiger partial charge on any atom is 0.119 e. The zero-order chi connectivity index (χ0) is 13.9. The van der Waals surface area contributed by atoms with Crippen LogP contribution in [0.25, 0.3) is 0 Å². The van der Waals surface area contributed by atoms with Crippen LogP contribution in [0.5, 0.6) is 5.75 Å². The molecule has 3 atom stereocenters. The molecule has 3 rings (SSSR count). The van der Waals surface area contributed by atoms with Crippen molar-refractivity contribution in [1.29, 1.82) is 0 Å². The Kier molecular flexibility index (Phi) is 4.30. The fourth-order valence-electron chi connectivity index (χ4n) is 4.28. The molecule has 2 fully saturated rings. The number of ether oxygens (including phenoxy) is 1. The number of likely N-dealkylation sites (tertiary alicyclic amines) is 1. The van der Waals surface area contributed by atoms with Crippen LogP contribution in [0.2, 0.25) is 0 Å². The summed E-state index contributed by atoms with van der Waals surface area (Å²) in [5.41, 5.74) is 1.46. The van der Waals surface area contributed by atoms with Crippen molar-refractivity contribution >= 4 is 0 Å². The summed E-state index contributed by atoms with van der Waals surface area (Å²) in [5, 5.41) is 0. The number of piperidine rings is 1. The molecule has 1 heterocycles. The third-order valence-corrected chi connectivity index (χ3v) is 5.35. The summed E-state index contributed by atoms with van der Waals surface area (Å²) in [6, 6.07) is 9.52. The first-order valence-electron chi connectivity index (χ1n) is 8.12. The average Bonchev–Trinajstić information content (AvgIpc) is 2.73. The van der Waals surface area contributed by atoms with Gasteiger partial charge in [0, 0.05) is 12.6 Å². The molecule has 1 aromatic carbocycles. The summed E-state index contributed by atoms with van der Waals surface area (Å²) >= 11 is 0. The molecule has 0 bridgehead atoms. The third kappa shape index (κ3) is 2.85. The molecule has 0 N–H and O–H groups in total. The van der Waals surface area contributed by atoms with Gasteiger partial charge in [0.05, 0.1) is 7.11 Å². The van der Waals surface area contributed by atoms with Gasteiger partial charge >= 0.3 is 0 Å². The molecular weight excluding hydrogens is 246 g/mol. The minimum Gasteiger partial charge on any atom is -0.497 e. The van der Waals surface area contributed by atoms with E-state index >= 15 is 0 Å². The van der Waals surface area contributed by atoms with Crippen LogP contribution in [0.3, 0.4) is 0 Å². The van der Waals surface area contributed by atoms with Crippen LogP contribution in [-0.4, -0.2) is 31.6 Å². The van der Waals surface area contributed by atoms with Gasteiger partial charge in [-0.25, -0.2) is 0 Å². The molecule has 1 aromatic rings. The lowest BCUT2D eigenvalue weighted by Gasteiger charge is -2.42. The molecule has 2 nitrogen and oxygen atoms in total. The third-order valence-electron chi connectivity index (χ3n) is 5.35. The molecular formula is C18H27NO. The molecule has 1 aliphatic carbocycles. The number of hydrogen-bond donors (Lipinski definition) is 0. The first-order valence-corrected chi connectivity index (χ1v) is 8.12. The smallest absolute Gasteiger partial charge is 0.119 e. The Morgan fingerprint density at radius 2 is 2.00 bits per heavy atom. The van der Waals surface area contributed by atoms with Gasteiger partial charge in [0.15, 0.2) is 0 Å². The van der Waals surface area contributed by atoms with Crippen molar-refractivity contribution in [2.75, 3.05) is 20.7 Å². The molecule has 1 unspecified atom stereocenters. The van der Waals surface area contributed by atoms with E-state index in [1.807, 2.05) is 6.07 Å². The van der Waals surface area contributed by atoms with Crippen molar-refractivity contribution in [2.24, 2.45) is 5.92 Å². The van der Waals surface area contributed by atoms with Crippen LogP contribution >= 0.6 is 0 Å². The molecule has 110 valence electrons. The van der Waals surface area contributed by atoms with E-state index < -0.39 is 0 Å². The molecule has 2 heteroatoms. The largest absolute Gasteiger partial charge is 0.497 e. The van der Waals surface area contributed by atoms with E-state index in [-0.39, 0.29) is 0 Å². The lowest BCUT2D eigenvalue weighted by Crippen LogP contribution is -2.45. The number of likely N-dealkylation sites (N-methyl/N-ethyl adjacent to an activating group) is 1. The summed E-state index contributed by atoms with van der Waals surface area (Å²) in [5.74, 6) is 2.56. The number of rotatable bonds is 2. The van der Waals surface area contributed by atoms with Crippen molar-refractivity contribution in [1.82, 2.24) is 4.90 Å². The number of benzene rings is 1. The maximum absolute atomic E-state index is 5.39. The molecule has 1 aliphatic heterocycles. The van der Waals surface area contributed by atoms with Crippen molar-refractivity contribution < 1.29 is 4.74 Å². The van der Waals surface area contributed by atoms with E-state index in [1.165, 1.54) is 50.6 Å². The lowest BCUT2D eigenvalue weighted by molar-refractivity contribution is 0.0980. The van der Waals surface area contributed by atoms with Gasteiger partial charge in [-0.2, -0.15) is 0 Å². The Morgan fingerprint density at radius 1 is 1.15 bits per heavy atom. The van der Waals surface area contributed by atoms with Crippen LogP contribution in [0, 0.1) is 5.92 Å². The molecule has 1 saturated carbocycles. The second kappa shape index (κ2) is 6.17. The topological polar surface area (TPSA) is 12.5 Å². The highest BCUT2D eigenvalue weighted by Crippen LogP contribution is 2.40. The molecule has 0 amide bonds. The summed E-state index contributed by atoms with van der Waals surface area (Å²) in [4.78, 5) is 2.63. The van der Waals surface area contributed by atoms with Gasteiger partial charge in [0.2, 0.25) is 0 Å². The predicted molar refractivity (Wildman–Crippen MR) is 83.3 cm³/mol. The van der Waals surface area contributed by atoms with Crippen LogP contribution < -0.4 is 4.74 Å². The predicted octanol–water partition coefficient (Wildman–Crippen LogP) is 4.06. The van der Waals surface area contributed by atoms with Crippen molar-refractivity contribution in [3.63, 3.8) is 0 Å². The van der Waals surface area contributed by atoms with Crippen LogP contribution in [0.4, 0.5) is 0 Å². The standard InChI is InChI=1S/C18H27NO/c1-19-13-16(14-8-6-9-17(12-14)20-2)11-15-7-4-3-5-10-18(15)19/h6,8-9,12,15-16,18H,3-5,7,10-11,13H2,1-2H3/t15-,16?,18-/m1/s1. The van der Waals surface area contributed by atoms with Gasteiger partial charge in [-0.1, -0.05) is 31.4 Å². The summed E-state index contributed by atoms with van der Waals surface area (Å²) in [7, 11) is 4.09. The van der Waals surface area contributed by atoms with Gasteiger partial charge < -0.3 is 9.64 Å². The van der Waals surface area contributed by atoms with E-state index in [0.717, 1.165) is 17.7 Å². The minimum atomic E-state index is 0.675. The van der Waals surface area contributed by atoms with E-state index in [1.54, 1.807) is 7.11 Å². The van der Waals surface area contributed by atoms with Gasteiger partial charge in [-0.15, -0.1) is 0 Å². The number of hydrogen-bond acceptors (Lipinski definition) is 2. The Morgan fingerprint density at radius 3 is 2.85 bits per heavy atom. The van der Waals surface area contributed by atoms with Gasteiger partial charge in [-0.05, 0) is 55.8 Å². The second-order valence-corrected chi connectivity index (χ2v) is 6.61. The van der Waals surface area contributed by atoms with E-state index in [2.05, 4.69) is 30.1 Å². The van der Waals surface area contributed by atoms with Gasteiger partial charge in [0.1, 0.15) is 5.75 Å².